The van der Waals surface area contributed by atoms with Gasteiger partial charge in [0, 0.05) is 18.6 Å². The molecule has 19 heavy (non-hydrogen) atoms. The fourth-order valence-electron chi connectivity index (χ4n) is 2.58. The predicted molar refractivity (Wildman–Crippen MR) is 81.3 cm³/mol. The molecule has 2 aromatic rings. The number of benzene rings is 1. The van der Waals surface area contributed by atoms with E-state index in [0.29, 0.717) is 0 Å². The molecule has 1 heteroatoms. The maximum absolute atomic E-state index is 8.39. The molecule has 0 aliphatic rings. The Hall–Kier alpha value is -1.63. The van der Waals surface area contributed by atoms with Crippen molar-refractivity contribution in [2.45, 2.75) is 40.0 Å². The monoisotopic (exact) mass is 255 g/mol. The molecule has 0 radical (unpaired) electrons. The summed E-state index contributed by atoms with van der Waals surface area (Å²) in [5.74, 6) is -0.572. The lowest BCUT2D eigenvalue weighted by Gasteiger charge is -2.13. The Morgan fingerprint density at radius 3 is 2.53 bits per heavy atom. The number of hydrogen-bond acceptors (Lipinski definition) is 0. The van der Waals surface area contributed by atoms with Crippen molar-refractivity contribution in [3.8, 4) is 11.3 Å². The van der Waals surface area contributed by atoms with Gasteiger partial charge in [-0.2, -0.15) is 0 Å². The molecule has 1 aromatic heterocycles. The molecule has 0 unspecified atom stereocenters. The first-order chi connectivity index (χ1) is 9.34. The van der Waals surface area contributed by atoms with Crippen molar-refractivity contribution in [1.29, 1.82) is 0 Å². The lowest BCUT2D eigenvalue weighted by molar-refractivity contribution is -0.660. The molecule has 0 bridgehead atoms. The minimum absolute atomic E-state index is 0.572. The van der Waals surface area contributed by atoms with Gasteiger partial charge in [0.25, 0.3) is 0 Å². The van der Waals surface area contributed by atoms with Gasteiger partial charge in [0.05, 0.1) is 0 Å². The summed E-state index contributed by atoms with van der Waals surface area (Å²) in [5.41, 5.74) is 6.06. The Kier molecular flexibility index (Phi) is 3.63. The van der Waals surface area contributed by atoms with E-state index >= 15 is 0 Å². The van der Waals surface area contributed by atoms with E-state index in [-0.39, 0.29) is 0 Å². The zero-order valence-electron chi connectivity index (χ0n) is 13.6. The SMILES string of the molecule is [2H]C(C)(C)c1cc(-c2ccccc2C)[n+](C)cc1CC. The van der Waals surface area contributed by atoms with E-state index in [1.165, 1.54) is 22.4 Å². The molecular formula is C18H24N+. The van der Waals surface area contributed by atoms with Gasteiger partial charge in [0.1, 0.15) is 7.05 Å². The molecule has 0 atom stereocenters. The highest BCUT2D eigenvalue weighted by molar-refractivity contribution is 5.61. The molecule has 0 fully saturated rings. The van der Waals surface area contributed by atoms with Crippen LogP contribution in [0.4, 0.5) is 0 Å². The molecule has 0 amide bonds. The zero-order chi connectivity index (χ0) is 14.9. The van der Waals surface area contributed by atoms with Crippen LogP contribution in [0.25, 0.3) is 11.3 Å². The number of pyridine rings is 1. The second-order valence-corrected chi connectivity index (χ2v) is 5.38. The number of aryl methyl sites for hydroxylation is 3. The van der Waals surface area contributed by atoms with Gasteiger partial charge in [-0.15, -0.1) is 0 Å². The Bertz CT molecular complexity index is 624. The molecule has 1 nitrogen and oxygen atoms in total. The lowest BCUT2D eigenvalue weighted by atomic mass is 9.94. The number of aromatic nitrogens is 1. The molecule has 0 aliphatic carbocycles. The van der Waals surface area contributed by atoms with Gasteiger partial charge in [-0.05, 0) is 36.4 Å². The Morgan fingerprint density at radius 2 is 1.95 bits per heavy atom. The third-order valence-electron chi connectivity index (χ3n) is 3.70. The highest BCUT2D eigenvalue weighted by atomic mass is 14.9. The predicted octanol–water partition coefficient (Wildman–Crippen LogP) is 4.17. The standard InChI is InChI=1S/C18H24N/c1-6-15-12-19(5)18(11-17(15)13(2)3)16-10-8-7-9-14(16)4/h7-13H,6H2,1-5H3/q+1/i13D. The van der Waals surface area contributed by atoms with Gasteiger partial charge < -0.3 is 0 Å². The van der Waals surface area contributed by atoms with Crippen LogP contribution in [-0.2, 0) is 13.5 Å². The largest absolute Gasteiger partial charge is 0.212 e. The van der Waals surface area contributed by atoms with Crippen molar-refractivity contribution in [2.75, 3.05) is 0 Å². The summed E-state index contributed by atoms with van der Waals surface area (Å²) in [6.45, 7) is 8.21. The molecule has 0 spiro atoms. The first-order valence-electron chi connectivity index (χ1n) is 7.43. The molecule has 100 valence electrons. The Labute approximate surface area is 118 Å². The van der Waals surface area contributed by atoms with Crippen LogP contribution < -0.4 is 4.57 Å². The average molecular weight is 255 g/mol. The van der Waals surface area contributed by atoms with E-state index in [2.05, 4.69) is 62.0 Å². The number of rotatable bonds is 3. The second-order valence-electron chi connectivity index (χ2n) is 5.38. The van der Waals surface area contributed by atoms with Gasteiger partial charge in [-0.1, -0.05) is 39.0 Å². The first-order valence-corrected chi connectivity index (χ1v) is 6.93. The molecular weight excluding hydrogens is 230 g/mol. The van der Waals surface area contributed by atoms with Crippen LogP contribution in [0.1, 0.15) is 44.7 Å². The summed E-state index contributed by atoms with van der Waals surface area (Å²) in [6.07, 6.45) is 3.13. The molecule has 0 saturated carbocycles. The van der Waals surface area contributed by atoms with Crippen molar-refractivity contribution in [2.24, 2.45) is 7.05 Å². The fourth-order valence-corrected chi connectivity index (χ4v) is 2.58. The Morgan fingerprint density at radius 1 is 1.26 bits per heavy atom. The Balaban J connectivity index is 2.70. The highest BCUT2D eigenvalue weighted by Gasteiger charge is 2.17. The van der Waals surface area contributed by atoms with Crippen LogP contribution >= 0.6 is 0 Å². The lowest BCUT2D eigenvalue weighted by Crippen LogP contribution is -2.32. The summed E-state index contributed by atoms with van der Waals surface area (Å²) in [4.78, 5) is 0. The average Bonchev–Trinajstić information content (AvgIpc) is 2.38. The van der Waals surface area contributed by atoms with E-state index in [1.54, 1.807) is 0 Å². The van der Waals surface area contributed by atoms with Gasteiger partial charge in [0.2, 0.25) is 5.69 Å². The van der Waals surface area contributed by atoms with Crippen molar-refractivity contribution in [3.05, 3.63) is 53.2 Å². The van der Waals surface area contributed by atoms with Crippen molar-refractivity contribution >= 4 is 0 Å². The van der Waals surface area contributed by atoms with E-state index in [0.717, 1.165) is 12.0 Å². The van der Waals surface area contributed by atoms with Crippen LogP contribution in [0.2, 0.25) is 0 Å². The summed E-state index contributed by atoms with van der Waals surface area (Å²) in [7, 11) is 2.08. The summed E-state index contributed by atoms with van der Waals surface area (Å²) >= 11 is 0. The quantitative estimate of drug-likeness (QED) is 0.725. The smallest absolute Gasteiger partial charge is 0.201 e. The highest BCUT2D eigenvalue weighted by Crippen LogP contribution is 2.26. The van der Waals surface area contributed by atoms with Crippen LogP contribution in [0, 0.1) is 6.92 Å². The molecule has 1 aromatic carbocycles. The minimum atomic E-state index is -0.572. The van der Waals surface area contributed by atoms with E-state index in [4.69, 9.17) is 1.37 Å². The minimum Gasteiger partial charge on any atom is -0.201 e. The number of hydrogen-bond donors (Lipinski definition) is 0. The topological polar surface area (TPSA) is 3.88 Å². The maximum atomic E-state index is 8.39. The van der Waals surface area contributed by atoms with E-state index in [1.807, 2.05) is 13.8 Å². The molecule has 2 rings (SSSR count). The van der Waals surface area contributed by atoms with Crippen LogP contribution in [0.3, 0.4) is 0 Å². The molecule has 0 N–H and O–H groups in total. The van der Waals surface area contributed by atoms with Gasteiger partial charge in [-0.25, -0.2) is 4.57 Å². The van der Waals surface area contributed by atoms with Gasteiger partial charge >= 0.3 is 0 Å². The third-order valence-corrected chi connectivity index (χ3v) is 3.70. The van der Waals surface area contributed by atoms with Gasteiger partial charge in [-0.3, -0.25) is 0 Å². The van der Waals surface area contributed by atoms with Crippen LogP contribution in [0.5, 0.6) is 0 Å². The summed E-state index contributed by atoms with van der Waals surface area (Å²) < 4.78 is 10.6. The van der Waals surface area contributed by atoms with Crippen molar-refractivity contribution < 1.29 is 5.94 Å². The third kappa shape index (κ3) is 2.70. The molecule has 0 aliphatic heterocycles. The van der Waals surface area contributed by atoms with Crippen LogP contribution in [0.15, 0.2) is 36.5 Å². The second kappa shape index (κ2) is 5.56. The maximum Gasteiger partial charge on any atom is 0.212 e. The summed E-state index contributed by atoms with van der Waals surface area (Å²) in [6, 6.07) is 10.6. The van der Waals surface area contributed by atoms with Crippen LogP contribution in [-0.4, -0.2) is 0 Å². The van der Waals surface area contributed by atoms with E-state index < -0.39 is 5.89 Å². The van der Waals surface area contributed by atoms with Crippen molar-refractivity contribution in [1.82, 2.24) is 0 Å². The van der Waals surface area contributed by atoms with E-state index in [9.17, 15) is 0 Å². The molecule has 1 heterocycles. The normalized spacial score (nSPS) is 12.4. The van der Waals surface area contributed by atoms with Gasteiger partial charge in [0.15, 0.2) is 6.20 Å². The summed E-state index contributed by atoms with van der Waals surface area (Å²) in [5, 5.41) is 0. The first kappa shape index (κ1) is 12.4. The van der Waals surface area contributed by atoms with Crippen molar-refractivity contribution in [3.63, 3.8) is 0 Å². The molecule has 0 saturated heterocycles. The number of nitrogens with zero attached hydrogens (tertiary/aromatic N) is 1. The fraction of sp³-hybridized carbons (Fsp3) is 0.389. The zero-order valence-corrected chi connectivity index (χ0v) is 12.6.